The van der Waals surface area contributed by atoms with Crippen LogP contribution in [-0.2, 0) is 4.74 Å². The number of esters is 1. The average Bonchev–Trinajstić information content (AvgIpc) is 2.54. The number of pyridine rings is 1. The van der Waals surface area contributed by atoms with Crippen LogP contribution < -0.4 is 5.32 Å². The van der Waals surface area contributed by atoms with Gasteiger partial charge in [-0.3, -0.25) is 10.1 Å². The Bertz CT molecular complexity index is 798. The van der Waals surface area contributed by atoms with Crippen LogP contribution in [0.25, 0.3) is 0 Å². The molecule has 0 spiro atoms. The van der Waals surface area contributed by atoms with E-state index in [0.717, 1.165) is 31.5 Å². The van der Waals surface area contributed by atoms with Gasteiger partial charge in [0, 0.05) is 23.9 Å². The summed E-state index contributed by atoms with van der Waals surface area (Å²) >= 11 is 0. The first-order chi connectivity index (χ1) is 11.3. The van der Waals surface area contributed by atoms with Crippen LogP contribution in [0.1, 0.15) is 28.9 Å². The molecule has 0 saturated carbocycles. The van der Waals surface area contributed by atoms with Crippen LogP contribution >= 0.6 is 0 Å². The summed E-state index contributed by atoms with van der Waals surface area (Å²) in [5.41, 5.74) is -0.438. The molecule has 0 radical (unpaired) electrons. The average molecular weight is 337 g/mol. The molecule has 0 saturated heterocycles. The maximum absolute atomic E-state index is 13.8. The predicted molar refractivity (Wildman–Crippen MR) is 80.6 cm³/mol. The summed E-state index contributed by atoms with van der Waals surface area (Å²) in [6.45, 7) is 1.54. The van der Waals surface area contributed by atoms with E-state index in [1.807, 2.05) is 0 Å². The summed E-state index contributed by atoms with van der Waals surface area (Å²) in [6.07, 6.45) is 1.11. The van der Waals surface area contributed by atoms with Crippen LogP contribution in [0.15, 0.2) is 30.5 Å². The Kier molecular flexibility index (Phi) is 5.02. The number of halogens is 2. The van der Waals surface area contributed by atoms with Crippen molar-refractivity contribution in [2.75, 3.05) is 12.4 Å². The largest absolute Gasteiger partial charge is 0.465 e. The lowest BCUT2D eigenvalue weighted by molar-refractivity contribution is -0.384. The van der Waals surface area contributed by atoms with Gasteiger partial charge in [-0.1, -0.05) is 6.07 Å². The molecule has 126 valence electrons. The van der Waals surface area contributed by atoms with E-state index in [1.165, 1.54) is 13.0 Å². The van der Waals surface area contributed by atoms with Crippen molar-refractivity contribution in [3.05, 3.63) is 63.3 Å². The number of aromatic nitrogens is 1. The van der Waals surface area contributed by atoms with Gasteiger partial charge in [-0.25, -0.2) is 18.6 Å². The summed E-state index contributed by atoms with van der Waals surface area (Å²) in [6, 6.07) is 3.32. The highest BCUT2D eigenvalue weighted by molar-refractivity contribution is 5.90. The van der Waals surface area contributed by atoms with Crippen LogP contribution in [0.3, 0.4) is 0 Å². The van der Waals surface area contributed by atoms with Crippen molar-refractivity contribution in [1.82, 2.24) is 4.98 Å². The molecule has 0 bridgehead atoms. The van der Waals surface area contributed by atoms with Crippen molar-refractivity contribution in [3.63, 3.8) is 0 Å². The van der Waals surface area contributed by atoms with Crippen LogP contribution in [0.4, 0.5) is 20.3 Å². The molecule has 1 aromatic carbocycles. The molecule has 1 N–H and O–H groups in total. The topological polar surface area (TPSA) is 94.4 Å². The number of ether oxygens (including phenoxy) is 1. The maximum Gasteiger partial charge on any atom is 0.339 e. The Labute approximate surface area is 135 Å². The predicted octanol–water partition coefficient (Wildman–Crippen LogP) is 3.23. The molecule has 1 atom stereocenters. The third-order valence-electron chi connectivity index (χ3n) is 3.27. The molecule has 1 unspecified atom stereocenters. The molecule has 0 aliphatic carbocycles. The highest BCUT2D eigenvalue weighted by atomic mass is 19.1. The quantitative estimate of drug-likeness (QED) is 0.511. The van der Waals surface area contributed by atoms with Gasteiger partial charge in [-0.15, -0.1) is 0 Å². The van der Waals surface area contributed by atoms with Gasteiger partial charge in [-0.05, 0) is 13.0 Å². The third kappa shape index (κ3) is 3.62. The Morgan fingerprint density at radius 2 is 2.08 bits per heavy atom. The maximum atomic E-state index is 13.8. The molecule has 0 fully saturated rings. The molecular formula is C15H13F2N3O4. The molecule has 1 heterocycles. The molecular weight excluding hydrogens is 324 g/mol. The van der Waals surface area contributed by atoms with E-state index in [9.17, 15) is 23.7 Å². The summed E-state index contributed by atoms with van der Waals surface area (Å²) in [7, 11) is 1.14. The van der Waals surface area contributed by atoms with E-state index in [-0.39, 0.29) is 16.9 Å². The minimum atomic E-state index is -0.788. The summed E-state index contributed by atoms with van der Waals surface area (Å²) < 4.78 is 31.2. The second-order valence-corrected chi connectivity index (χ2v) is 4.87. The number of methoxy groups -OCH3 is 1. The SMILES string of the molecule is COC(=O)c1cnc(NC(C)c2ccc(F)cc2F)c([N+](=O)[O-])c1. The van der Waals surface area contributed by atoms with Crippen molar-refractivity contribution >= 4 is 17.5 Å². The zero-order valence-corrected chi connectivity index (χ0v) is 12.7. The fraction of sp³-hybridized carbons (Fsp3) is 0.200. The van der Waals surface area contributed by atoms with Gasteiger partial charge in [0.05, 0.1) is 23.6 Å². The number of anilines is 1. The summed E-state index contributed by atoms with van der Waals surface area (Å²) in [5, 5.41) is 13.8. The van der Waals surface area contributed by atoms with Crippen molar-refractivity contribution < 1.29 is 23.2 Å². The molecule has 9 heteroatoms. The van der Waals surface area contributed by atoms with Gasteiger partial charge in [0.25, 0.3) is 0 Å². The lowest BCUT2D eigenvalue weighted by atomic mass is 10.1. The smallest absolute Gasteiger partial charge is 0.339 e. The van der Waals surface area contributed by atoms with E-state index in [1.54, 1.807) is 0 Å². The molecule has 0 amide bonds. The molecule has 0 aliphatic heterocycles. The molecule has 0 aliphatic rings. The van der Waals surface area contributed by atoms with Crippen molar-refractivity contribution in [1.29, 1.82) is 0 Å². The van der Waals surface area contributed by atoms with Crippen LogP contribution in [0.2, 0.25) is 0 Å². The summed E-state index contributed by atoms with van der Waals surface area (Å²) in [5.74, 6) is -2.43. The number of hydrogen-bond acceptors (Lipinski definition) is 6. The molecule has 7 nitrogen and oxygen atoms in total. The summed E-state index contributed by atoms with van der Waals surface area (Å²) in [4.78, 5) is 25.7. The normalized spacial score (nSPS) is 11.7. The number of benzene rings is 1. The number of rotatable bonds is 5. The fourth-order valence-corrected chi connectivity index (χ4v) is 2.07. The lowest BCUT2D eigenvalue weighted by Crippen LogP contribution is -2.12. The standard InChI is InChI=1S/C15H13F2N3O4/c1-8(11-4-3-10(16)6-12(11)17)19-14-13(20(22)23)5-9(7-18-14)15(21)24-2/h3-8H,1-2H3,(H,18,19). The van der Waals surface area contributed by atoms with E-state index in [4.69, 9.17) is 0 Å². The van der Waals surface area contributed by atoms with Gasteiger partial charge in [0.1, 0.15) is 11.6 Å². The third-order valence-corrected chi connectivity index (χ3v) is 3.27. The van der Waals surface area contributed by atoms with Crippen molar-refractivity contribution in [2.24, 2.45) is 0 Å². The van der Waals surface area contributed by atoms with Gasteiger partial charge in [0.2, 0.25) is 5.82 Å². The Morgan fingerprint density at radius 1 is 1.38 bits per heavy atom. The zero-order chi connectivity index (χ0) is 17.9. The number of hydrogen-bond donors (Lipinski definition) is 1. The Hall–Kier alpha value is -3.10. The second kappa shape index (κ2) is 6.99. The van der Waals surface area contributed by atoms with Crippen LogP contribution in [0.5, 0.6) is 0 Å². The second-order valence-electron chi connectivity index (χ2n) is 4.87. The van der Waals surface area contributed by atoms with Crippen molar-refractivity contribution in [2.45, 2.75) is 13.0 Å². The van der Waals surface area contributed by atoms with Crippen molar-refractivity contribution in [3.8, 4) is 0 Å². The molecule has 24 heavy (non-hydrogen) atoms. The minimum absolute atomic E-state index is 0.0876. The zero-order valence-electron chi connectivity index (χ0n) is 12.7. The molecule has 2 rings (SSSR count). The van der Waals surface area contributed by atoms with E-state index < -0.39 is 34.3 Å². The van der Waals surface area contributed by atoms with Gasteiger partial charge in [-0.2, -0.15) is 0 Å². The molecule has 1 aromatic heterocycles. The lowest BCUT2D eigenvalue weighted by Gasteiger charge is -2.16. The van der Waals surface area contributed by atoms with E-state index in [2.05, 4.69) is 15.0 Å². The highest BCUT2D eigenvalue weighted by Crippen LogP contribution is 2.28. The highest BCUT2D eigenvalue weighted by Gasteiger charge is 2.22. The number of nitrogens with zero attached hydrogens (tertiary/aromatic N) is 2. The number of carbonyl (C=O) groups is 1. The number of nitro groups is 1. The van der Waals surface area contributed by atoms with Gasteiger partial charge >= 0.3 is 11.7 Å². The van der Waals surface area contributed by atoms with E-state index >= 15 is 0 Å². The number of carbonyl (C=O) groups excluding carboxylic acids is 1. The van der Waals surface area contributed by atoms with Gasteiger partial charge < -0.3 is 10.1 Å². The minimum Gasteiger partial charge on any atom is -0.465 e. The first kappa shape index (κ1) is 17.3. The number of nitrogens with one attached hydrogen (secondary N) is 1. The van der Waals surface area contributed by atoms with Gasteiger partial charge in [0.15, 0.2) is 0 Å². The fourth-order valence-electron chi connectivity index (χ4n) is 2.07. The first-order valence-corrected chi connectivity index (χ1v) is 6.77. The molecule has 2 aromatic rings. The monoisotopic (exact) mass is 337 g/mol. The van der Waals surface area contributed by atoms with Crippen LogP contribution in [-0.4, -0.2) is 23.0 Å². The first-order valence-electron chi connectivity index (χ1n) is 6.77. The van der Waals surface area contributed by atoms with E-state index in [0.29, 0.717) is 0 Å². The van der Waals surface area contributed by atoms with Crippen LogP contribution in [0, 0.1) is 21.7 Å². The Morgan fingerprint density at radius 3 is 2.67 bits per heavy atom. The Balaban J connectivity index is 2.34.